The van der Waals surface area contributed by atoms with E-state index in [2.05, 4.69) is 5.10 Å². The van der Waals surface area contributed by atoms with E-state index in [0.29, 0.717) is 23.7 Å². The molecule has 0 aliphatic carbocycles. The van der Waals surface area contributed by atoms with Crippen LogP contribution in [-0.2, 0) is 0 Å². The molecule has 0 saturated carbocycles. The Kier molecular flexibility index (Phi) is 4.88. The number of hydrogen-bond acceptors (Lipinski definition) is 3. The SMILES string of the molecule is CN(CC(C)(C)CN)C(=O)c1cnn(-c2cccc(Cl)c2)c1. The van der Waals surface area contributed by atoms with Crippen LogP contribution in [0.1, 0.15) is 24.2 Å². The maximum absolute atomic E-state index is 12.5. The first-order chi connectivity index (χ1) is 10.3. The molecule has 118 valence electrons. The first-order valence-electron chi connectivity index (χ1n) is 7.08. The Morgan fingerprint density at radius 1 is 1.45 bits per heavy atom. The second-order valence-electron chi connectivity index (χ2n) is 6.18. The fourth-order valence-corrected chi connectivity index (χ4v) is 2.38. The van der Waals surface area contributed by atoms with Crippen molar-refractivity contribution in [3.63, 3.8) is 0 Å². The predicted octanol–water partition coefficient (Wildman–Crippen LogP) is 2.58. The molecule has 0 spiro atoms. The molecule has 1 amide bonds. The number of benzene rings is 1. The maximum Gasteiger partial charge on any atom is 0.256 e. The van der Waals surface area contributed by atoms with Crippen molar-refractivity contribution in [2.24, 2.45) is 11.1 Å². The van der Waals surface area contributed by atoms with Crippen LogP contribution in [0.4, 0.5) is 0 Å². The molecule has 0 aliphatic heterocycles. The molecule has 22 heavy (non-hydrogen) atoms. The number of nitrogens with two attached hydrogens (primary N) is 1. The van der Waals surface area contributed by atoms with Gasteiger partial charge < -0.3 is 10.6 Å². The number of halogens is 1. The normalized spacial score (nSPS) is 11.5. The summed E-state index contributed by atoms with van der Waals surface area (Å²) in [5, 5.41) is 4.86. The number of carbonyl (C=O) groups excluding carboxylic acids is 1. The van der Waals surface area contributed by atoms with Gasteiger partial charge >= 0.3 is 0 Å². The third-order valence-corrected chi connectivity index (χ3v) is 3.70. The molecule has 1 aromatic carbocycles. The lowest BCUT2D eigenvalue weighted by atomic mass is 9.93. The van der Waals surface area contributed by atoms with Gasteiger partial charge in [0.15, 0.2) is 0 Å². The van der Waals surface area contributed by atoms with E-state index < -0.39 is 0 Å². The van der Waals surface area contributed by atoms with Crippen molar-refractivity contribution in [3.05, 3.63) is 47.2 Å². The minimum Gasteiger partial charge on any atom is -0.341 e. The Hall–Kier alpha value is -1.85. The highest BCUT2D eigenvalue weighted by Gasteiger charge is 2.22. The van der Waals surface area contributed by atoms with Crippen LogP contribution >= 0.6 is 11.6 Å². The smallest absolute Gasteiger partial charge is 0.256 e. The van der Waals surface area contributed by atoms with Crippen LogP contribution in [0.15, 0.2) is 36.7 Å². The predicted molar refractivity (Wildman–Crippen MR) is 88.4 cm³/mol. The fourth-order valence-electron chi connectivity index (χ4n) is 2.19. The molecule has 0 aliphatic rings. The minimum absolute atomic E-state index is 0.0743. The monoisotopic (exact) mass is 320 g/mol. The highest BCUT2D eigenvalue weighted by atomic mass is 35.5. The van der Waals surface area contributed by atoms with E-state index in [4.69, 9.17) is 17.3 Å². The summed E-state index contributed by atoms with van der Waals surface area (Å²) in [6.45, 7) is 5.18. The Labute approximate surface area is 135 Å². The van der Waals surface area contributed by atoms with E-state index in [1.54, 1.807) is 41.2 Å². The zero-order chi connectivity index (χ0) is 16.3. The van der Waals surface area contributed by atoms with E-state index >= 15 is 0 Å². The van der Waals surface area contributed by atoms with E-state index in [9.17, 15) is 4.79 Å². The summed E-state index contributed by atoms with van der Waals surface area (Å²) in [5.41, 5.74) is 6.96. The molecule has 0 bridgehead atoms. The van der Waals surface area contributed by atoms with Gasteiger partial charge in [-0.25, -0.2) is 4.68 Å². The number of nitrogens with zero attached hydrogens (tertiary/aromatic N) is 3. The third kappa shape index (κ3) is 3.87. The van der Waals surface area contributed by atoms with Crippen LogP contribution in [0.2, 0.25) is 5.02 Å². The van der Waals surface area contributed by atoms with Gasteiger partial charge in [-0.2, -0.15) is 5.10 Å². The lowest BCUT2D eigenvalue weighted by Gasteiger charge is -2.28. The Morgan fingerprint density at radius 3 is 2.82 bits per heavy atom. The molecule has 2 aromatic rings. The molecule has 0 saturated heterocycles. The van der Waals surface area contributed by atoms with Gasteiger partial charge in [0.2, 0.25) is 0 Å². The highest BCUT2D eigenvalue weighted by molar-refractivity contribution is 6.30. The number of amides is 1. The lowest BCUT2D eigenvalue weighted by Crippen LogP contribution is -2.39. The van der Waals surface area contributed by atoms with Crippen LogP contribution in [0.3, 0.4) is 0 Å². The lowest BCUT2D eigenvalue weighted by molar-refractivity contribution is 0.0740. The van der Waals surface area contributed by atoms with E-state index in [-0.39, 0.29) is 11.3 Å². The molecule has 2 rings (SSSR count). The van der Waals surface area contributed by atoms with Crippen LogP contribution in [0, 0.1) is 5.41 Å². The molecule has 0 atom stereocenters. The van der Waals surface area contributed by atoms with Gasteiger partial charge in [-0.05, 0) is 30.2 Å². The second-order valence-corrected chi connectivity index (χ2v) is 6.62. The maximum atomic E-state index is 12.5. The molecule has 5 nitrogen and oxygen atoms in total. The Bertz CT molecular complexity index is 666. The summed E-state index contributed by atoms with van der Waals surface area (Å²) in [7, 11) is 1.77. The zero-order valence-electron chi connectivity index (χ0n) is 13.1. The van der Waals surface area contributed by atoms with Gasteiger partial charge in [-0.3, -0.25) is 4.79 Å². The summed E-state index contributed by atoms with van der Waals surface area (Å²) in [5.74, 6) is -0.0743. The Morgan fingerprint density at radius 2 is 2.18 bits per heavy atom. The summed E-state index contributed by atoms with van der Waals surface area (Å²) in [6.07, 6.45) is 3.27. The van der Waals surface area contributed by atoms with Crippen molar-refractivity contribution in [2.45, 2.75) is 13.8 Å². The van der Waals surface area contributed by atoms with Gasteiger partial charge in [-0.15, -0.1) is 0 Å². The first kappa shape index (κ1) is 16.5. The fraction of sp³-hybridized carbons (Fsp3) is 0.375. The van der Waals surface area contributed by atoms with Crippen molar-refractivity contribution in [3.8, 4) is 5.69 Å². The molecular formula is C16H21ClN4O. The first-order valence-corrected chi connectivity index (χ1v) is 7.46. The topological polar surface area (TPSA) is 64.2 Å². The molecule has 0 unspecified atom stereocenters. The summed E-state index contributed by atoms with van der Waals surface area (Å²) < 4.78 is 1.64. The van der Waals surface area contributed by atoms with Crippen LogP contribution in [-0.4, -0.2) is 40.7 Å². The largest absolute Gasteiger partial charge is 0.341 e. The molecule has 1 heterocycles. The summed E-state index contributed by atoms with van der Waals surface area (Å²) >= 11 is 5.98. The van der Waals surface area contributed by atoms with Gasteiger partial charge in [0.1, 0.15) is 0 Å². The number of carbonyl (C=O) groups is 1. The van der Waals surface area contributed by atoms with Crippen LogP contribution in [0.25, 0.3) is 5.69 Å². The average Bonchev–Trinajstić information content (AvgIpc) is 2.95. The number of rotatable bonds is 5. The zero-order valence-corrected chi connectivity index (χ0v) is 13.8. The van der Waals surface area contributed by atoms with Crippen molar-refractivity contribution in [1.82, 2.24) is 14.7 Å². The molecule has 0 radical (unpaired) electrons. The molecule has 1 aromatic heterocycles. The van der Waals surface area contributed by atoms with Gasteiger partial charge in [-0.1, -0.05) is 31.5 Å². The number of aromatic nitrogens is 2. The van der Waals surface area contributed by atoms with E-state index in [0.717, 1.165) is 5.69 Å². The van der Waals surface area contributed by atoms with E-state index in [1.165, 1.54) is 0 Å². The van der Waals surface area contributed by atoms with Crippen molar-refractivity contribution < 1.29 is 4.79 Å². The second kappa shape index (κ2) is 6.50. The summed E-state index contributed by atoms with van der Waals surface area (Å²) in [4.78, 5) is 14.1. The van der Waals surface area contributed by atoms with Crippen LogP contribution < -0.4 is 5.73 Å². The standard InChI is InChI=1S/C16H21ClN4O/c1-16(2,10-18)11-20(3)15(22)12-8-19-21(9-12)14-6-4-5-13(17)7-14/h4-9H,10-11,18H2,1-3H3. The van der Waals surface area contributed by atoms with Gasteiger partial charge in [0.05, 0.1) is 17.4 Å². The minimum atomic E-state index is -0.118. The molecule has 6 heteroatoms. The highest BCUT2D eigenvalue weighted by Crippen LogP contribution is 2.17. The van der Waals surface area contributed by atoms with Gasteiger partial charge in [0, 0.05) is 24.8 Å². The average molecular weight is 321 g/mol. The third-order valence-electron chi connectivity index (χ3n) is 3.47. The van der Waals surface area contributed by atoms with E-state index in [1.807, 2.05) is 26.0 Å². The summed E-state index contributed by atoms with van der Waals surface area (Å²) in [6, 6.07) is 7.32. The molecule has 0 fully saturated rings. The molecule has 2 N–H and O–H groups in total. The van der Waals surface area contributed by atoms with Crippen molar-refractivity contribution in [1.29, 1.82) is 0 Å². The number of hydrogen-bond donors (Lipinski definition) is 1. The van der Waals surface area contributed by atoms with Gasteiger partial charge in [0.25, 0.3) is 5.91 Å². The van der Waals surface area contributed by atoms with Crippen molar-refractivity contribution in [2.75, 3.05) is 20.1 Å². The quantitative estimate of drug-likeness (QED) is 0.921. The van der Waals surface area contributed by atoms with Crippen molar-refractivity contribution >= 4 is 17.5 Å². The van der Waals surface area contributed by atoms with Crippen LogP contribution in [0.5, 0.6) is 0 Å². The molecular weight excluding hydrogens is 300 g/mol. The Balaban J connectivity index is 2.15.